The van der Waals surface area contributed by atoms with E-state index in [0.717, 1.165) is 3.57 Å². The van der Waals surface area contributed by atoms with E-state index in [1.54, 1.807) is 36.4 Å². The Morgan fingerprint density at radius 2 is 1.81 bits per heavy atom. The van der Waals surface area contributed by atoms with Crippen molar-refractivity contribution in [2.24, 2.45) is 0 Å². The highest BCUT2D eigenvalue weighted by Crippen LogP contribution is 2.31. The Morgan fingerprint density at radius 1 is 1.08 bits per heavy atom. The van der Waals surface area contributed by atoms with E-state index < -0.39 is 11.9 Å². The van der Waals surface area contributed by atoms with Crippen LogP contribution in [0.1, 0.15) is 5.56 Å². The molecule has 0 fully saturated rings. The zero-order chi connectivity index (χ0) is 18.9. The molecule has 2 aromatic rings. The molecule has 1 amide bonds. The summed E-state index contributed by atoms with van der Waals surface area (Å²) in [5.74, 6) is 0.0231. The number of hydrogen-bond donors (Lipinski definition) is 1. The highest BCUT2D eigenvalue weighted by molar-refractivity contribution is 14.1. The lowest BCUT2D eigenvalue weighted by Gasteiger charge is -2.09. The number of rotatable bonds is 7. The Hall–Kier alpha value is -2.55. The van der Waals surface area contributed by atoms with Crippen LogP contribution in [0.5, 0.6) is 11.5 Å². The average molecular weight is 467 g/mol. The quantitative estimate of drug-likeness (QED) is 0.384. The zero-order valence-corrected chi connectivity index (χ0v) is 16.5. The number of carbonyl (C=O) groups is 2. The van der Waals surface area contributed by atoms with Gasteiger partial charge in [0, 0.05) is 20.9 Å². The van der Waals surface area contributed by atoms with Gasteiger partial charge in [-0.2, -0.15) is 0 Å². The predicted octanol–water partition coefficient (Wildman–Crippen LogP) is 3.50. The molecule has 2 rings (SSSR count). The Morgan fingerprint density at radius 3 is 2.46 bits per heavy atom. The van der Waals surface area contributed by atoms with Crippen LogP contribution < -0.4 is 14.8 Å². The number of nitrogens with one attached hydrogen (secondary N) is 1. The number of ether oxygens (including phenoxy) is 3. The molecular weight excluding hydrogens is 449 g/mol. The first-order chi connectivity index (χ1) is 12.5. The van der Waals surface area contributed by atoms with Gasteiger partial charge >= 0.3 is 5.97 Å². The minimum Gasteiger partial charge on any atom is -0.493 e. The van der Waals surface area contributed by atoms with Crippen LogP contribution in [0.3, 0.4) is 0 Å². The largest absolute Gasteiger partial charge is 0.493 e. The van der Waals surface area contributed by atoms with Crippen LogP contribution in [0.25, 0.3) is 6.08 Å². The van der Waals surface area contributed by atoms with E-state index in [1.165, 1.54) is 20.3 Å². The molecule has 0 aromatic heterocycles. The van der Waals surface area contributed by atoms with E-state index in [4.69, 9.17) is 14.2 Å². The molecule has 0 atom stereocenters. The molecule has 0 spiro atoms. The van der Waals surface area contributed by atoms with Crippen LogP contribution in [0.2, 0.25) is 0 Å². The highest BCUT2D eigenvalue weighted by Gasteiger charge is 2.09. The summed E-state index contributed by atoms with van der Waals surface area (Å²) >= 11 is 2.17. The molecule has 7 heteroatoms. The van der Waals surface area contributed by atoms with Gasteiger partial charge in [0.25, 0.3) is 5.91 Å². The van der Waals surface area contributed by atoms with Crippen molar-refractivity contribution < 1.29 is 23.8 Å². The normalized spacial score (nSPS) is 10.4. The van der Waals surface area contributed by atoms with Gasteiger partial charge in [-0.05, 0) is 59.0 Å². The fourth-order valence-electron chi connectivity index (χ4n) is 2.12. The number of hydrogen-bond acceptors (Lipinski definition) is 5. The number of carbonyl (C=O) groups excluding carboxylic acids is 2. The van der Waals surface area contributed by atoms with Crippen LogP contribution in [0.15, 0.2) is 48.5 Å². The van der Waals surface area contributed by atoms with Gasteiger partial charge in [0.1, 0.15) is 0 Å². The molecule has 0 bridgehead atoms. The fraction of sp³-hybridized carbons (Fsp3) is 0.158. The summed E-state index contributed by atoms with van der Waals surface area (Å²) in [6.45, 7) is -0.371. The minimum atomic E-state index is -0.632. The maximum atomic E-state index is 11.8. The zero-order valence-electron chi connectivity index (χ0n) is 14.3. The van der Waals surface area contributed by atoms with Crippen LogP contribution in [-0.4, -0.2) is 32.7 Å². The third kappa shape index (κ3) is 5.76. The minimum absolute atomic E-state index is 0.371. The Bertz CT molecular complexity index is 802. The third-order valence-corrected chi connectivity index (χ3v) is 4.03. The Labute approximate surface area is 165 Å². The second-order valence-corrected chi connectivity index (χ2v) is 6.32. The first-order valence-corrected chi connectivity index (χ1v) is 8.72. The smallest absolute Gasteiger partial charge is 0.331 e. The molecule has 0 radical (unpaired) electrons. The molecule has 0 aliphatic rings. The van der Waals surface area contributed by atoms with E-state index in [2.05, 4.69) is 27.9 Å². The first-order valence-electron chi connectivity index (χ1n) is 7.64. The second-order valence-electron chi connectivity index (χ2n) is 5.08. The summed E-state index contributed by atoms with van der Waals surface area (Å²) in [5.41, 5.74) is 1.30. The second kappa shape index (κ2) is 9.81. The van der Waals surface area contributed by atoms with Crippen molar-refractivity contribution in [3.63, 3.8) is 0 Å². The molecule has 0 unspecified atom stereocenters. The molecular formula is C19H18INO5. The molecule has 2 aromatic carbocycles. The number of halogens is 1. The van der Waals surface area contributed by atoms with Crippen LogP contribution >= 0.6 is 22.6 Å². The molecule has 136 valence electrons. The van der Waals surface area contributed by atoms with E-state index in [-0.39, 0.29) is 6.61 Å². The van der Waals surface area contributed by atoms with Crippen molar-refractivity contribution in [1.29, 1.82) is 0 Å². The topological polar surface area (TPSA) is 73.9 Å². The summed E-state index contributed by atoms with van der Waals surface area (Å²) in [5, 5.41) is 2.65. The number of benzene rings is 2. The molecule has 1 N–H and O–H groups in total. The van der Waals surface area contributed by atoms with Gasteiger partial charge in [-0.25, -0.2) is 4.79 Å². The molecule has 0 aliphatic heterocycles. The number of esters is 1. The first kappa shape index (κ1) is 19.8. The van der Waals surface area contributed by atoms with Crippen molar-refractivity contribution in [2.75, 3.05) is 26.1 Å². The number of anilines is 1. The van der Waals surface area contributed by atoms with Crippen molar-refractivity contribution in [3.05, 3.63) is 57.7 Å². The standard InChI is InChI=1S/C19H18INO5/c1-24-16-5-3-4-13(19(16)25-2)6-11-18(23)26-12-17(22)21-15-9-7-14(20)8-10-15/h3-11H,12H2,1-2H3,(H,21,22)/b11-6+. The maximum Gasteiger partial charge on any atom is 0.331 e. The molecule has 0 saturated heterocycles. The SMILES string of the molecule is COc1cccc(/C=C/C(=O)OCC(=O)Nc2ccc(I)cc2)c1OC. The average Bonchev–Trinajstić information content (AvgIpc) is 2.66. The van der Waals surface area contributed by atoms with E-state index >= 15 is 0 Å². The molecule has 0 heterocycles. The van der Waals surface area contributed by atoms with Crippen LogP contribution in [-0.2, 0) is 14.3 Å². The number of para-hydroxylation sites is 1. The predicted molar refractivity (Wildman–Crippen MR) is 107 cm³/mol. The number of methoxy groups -OCH3 is 2. The molecule has 26 heavy (non-hydrogen) atoms. The van der Waals surface area contributed by atoms with Crippen LogP contribution in [0.4, 0.5) is 5.69 Å². The van der Waals surface area contributed by atoms with Crippen molar-refractivity contribution >= 4 is 46.2 Å². The van der Waals surface area contributed by atoms with Gasteiger partial charge in [-0.3, -0.25) is 4.79 Å². The van der Waals surface area contributed by atoms with E-state index in [1.807, 2.05) is 12.1 Å². The van der Waals surface area contributed by atoms with Gasteiger partial charge < -0.3 is 19.5 Å². The third-order valence-electron chi connectivity index (χ3n) is 3.31. The molecule has 0 saturated carbocycles. The summed E-state index contributed by atoms with van der Waals surface area (Å²) in [6.07, 6.45) is 2.77. The van der Waals surface area contributed by atoms with Crippen molar-refractivity contribution in [3.8, 4) is 11.5 Å². The summed E-state index contributed by atoms with van der Waals surface area (Å²) in [7, 11) is 3.05. The van der Waals surface area contributed by atoms with Crippen molar-refractivity contribution in [1.82, 2.24) is 0 Å². The van der Waals surface area contributed by atoms with Gasteiger partial charge in [0.05, 0.1) is 14.2 Å². The van der Waals surface area contributed by atoms with Gasteiger partial charge in [-0.1, -0.05) is 12.1 Å². The van der Waals surface area contributed by atoms with E-state index in [9.17, 15) is 9.59 Å². The fourth-order valence-corrected chi connectivity index (χ4v) is 2.48. The molecule has 0 aliphatic carbocycles. The van der Waals surface area contributed by atoms with E-state index in [0.29, 0.717) is 22.7 Å². The molecule has 6 nitrogen and oxygen atoms in total. The monoisotopic (exact) mass is 467 g/mol. The van der Waals surface area contributed by atoms with Crippen LogP contribution in [0, 0.1) is 3.57 Å². The Balaban J connectivity index is 1.89. The lowest BCUT2D eigenvalue weighted by atomic mass is 10.1. The van der Waals surface area contributed by atoms with Gasteiger partial charge in [0.15, 0.2) is 18.1 Å². The number of amides is 1. The maximum absolute atomic E-state index is 11.8. The van der Waals surface area contributed by atoms with Crippen molar-refractivity contribution in [2.45, 2.75) is 0 Å². The highest BCUT2D eigenvalue weighted by atomic mass is 127. The summed E-state index contributed by atoms with van der Waals surface area (Å²) in [4.78, 5) is 23.6. The Kier molecular flexibility index (Phi) is 7.46. The lowest BCUT2D eigenvalue weighted by Crippen LogP contribution is -2.20. The summed E-state index contributed by atoms with van der Waals surface area (Å²) < 4.78 is 16.5. The van der Waals surface area contributed by atoms with Gasteiger partial charge in [-0.15, -0.1) is 0 Å². The lowest BCUT2D eigenvalue weighted by molar-refractivity contribution is -0.142. The summed E-state index contributed by atoms with van der Waals surface area (Å²) in [6, 6.07) is 12.6. The van der Waals surface area contributed by atoms with Gasteiger partial charge in [0.2, 0.25) is 0 Å².